The van der Waals surface area contributed by atoms with Crippen LogP contribution in [0, 0.1) is 5.92 Å². The number of hydrogen-bond acceptors (Lipinski definition) is 3. The molecule has 1 saturated heterocycles. The number of hydrazine groups is 1. The normalized spacial score (nSPS) is 31.6. The second-order valence-corrected chi connectivity index (χ2v) is 4.36. The number of ether oxygens (including phenoxy) is 1. The number of nitrogens with one attached hydrogen (secondary N) is 1. The lowest BCUT2D eigenvalue weighted by Gasteiger charge is -2.30. The molecule has 2 fully saturated rings. The highest BCUT2D eigenvalue weighted by molar-refractivity contribution is 4.85. The lowest BCUT2D eigenvalue weighted by atomic mass is 9.98. The van der Waals surface area contributed by atoms with Gasteiger partial charge in [-0.1, -0.05) is 12.8 Å². The Kier molecular flexibility index (Phi) is 3.19. The molecule has 2 rings (SSSR count). The topological polar surface area (TPSA) is 47.3 Å². The molecule has 3 N–H and O–H groups in total. The number of hydrogen-bond donors (Lipinski definition) is 2. The van der Waals surface area contributed by atoms with Crippen molar-refractivity contribution in [1.29, 1.82) is 0 Å². The van der Waals surface area contributed by atoms with Crippen molar-refractivity contribution in [2.75, 3.05) is 6.61 Å². The van der Waals surface area contributed by atoms with Crippen LogP contribution in [0.1, 0.15) is 38.5 Å². The Hall–Kier alpha value is -0.120. The molecule has 76 valence electrons. The van der Waals surface area contributed by atoms with Gasteiger partial charge in [0.25, 0.3) is 0 Å². The first-order valence-corrected chi connectivity index (χ1v) is 5.48. The lowest BCUT2D eigenvalue weighted by Crippen LogP contribution is -2.46. The van der Waals surface area contributed by atoms with E-state index in [4.69, 9.17) is 10.6 Å². The Bertz CT molecular complexity index is 153. The molecule has 2 aliphatic rings. The van der Waals surface area contributed by atoms with Crippen LogP contribution in [0.3, 0.4) is 0 Å². The van der Waals surface area contributed by atoms with Gasteiger partial charge in [0.05, 0.1) is 6.10 Å². The molecular formula is C10H20N2O. The van der Waals surface area contributed by atoms with Crippen molar-refractivity contribution < 1.29 is 4.74 Å². The minimum absolute atomic E-state index is 0.374. The molecule has 2 unspecified atom stereocenters. The van der Waals surface area contributed by atoms with Crippen molar-refractivity contribution in [2.45, 2.75) is 50.7 Å². The van der Waals surface area contributed by atoms with Crippen LogP contribution in [-0.2, 0) is 4.74 Å². The highest BCUT2D eigenvalue weighted by Gasteiger charge is 2.30. The Morgan fingerprint density at radius 2 is 2.15 bits per heavy atom. The van der Waals surface area contributed by atoms with Crippen LogP contribution < -0.4 is 11.3 Å². The van der Waals surface area contributed by atoms with Crippen LogP contribution in [0.25, 0.3) is 0 Å². The Balaban J connectivity index is 1.78. The molecular weight excluding hydrogens is 164 g/mol. The Labute approximate surface area is 80.0 Å². The maximum Gasteiger partial charge on any atom is 0.0741 e. The first-order chi connectivity index (χ1) is 6.40. The van der Waals surface area contributed by atoms with Gasteiger partial charge in [0.1, 0.15) is 0 Å². The second kappa shape index (κ2) is 4.40. The van der Waals surface area contributed by atoms with E-state index in [9.17, 15) is 0 Å². The van der Waals surface area contributed by atoms with Crippen molar-refractivity contribution in [3.8, 4) is 0 Å². The van der Waals surface area contributed by atoms with Gasteiger partial charge in [-0.2, -0.15) is 0 Å². The Morgan fingerprint density at radius 1 is 1.31 bits per heavy atom. The third kappa shape index (κ3) is 2.66. The molecule has 3 heteroatoms. The molecule has 13 heavy (non-hydrogen) atoms. The van der Waals surface area contributed by atoms with Crippen LogP contribution in [0.2, 0.25) is 0 Å². The molecule has 1 aliphatic heterocycles. The van der Waals surface area contributed by atoms with Crippen molar-refractivity contribution >= 4 is 0 Å². The first kappa shape index (κ1) is 9.44. The van der Waals surface area contributed by atoms with E-state index in [1.807, 2.05) is 0 Å². The van der Waals surface area contributed by atoms with Gasteiger partial charge in [-0.25, -0.2) is 0 Å². The lowest BCUT2D eigenvalue weighted by molar-refractivity contribution is -0.0104. The van der Waals surface area contributed by atoms with Gasteiger partial charge in [-0.05, 0) is 31.6 Å². The zero-order valence-electron chi connectivity index (χ0n) is 8.17. The minimum atomic E-state index is 0.374. The van der Waals surface area contributed by atoms with E-state index in [0.29, 0.717) is 12.1 Å². The summed E-state index contributed by atoms with van der Waals surface area (Å²) in [6, 6.07) is 0.396. The fraction of sp³-hybridized carbons (Fsp3) is 1.00. The summed E-state index contributed by atoms with van der Waals surface area (Å²) in [5, 5.41) is 0. The fourth-order valence-corrected chi connectivity index (χ4v) is 2.12. The third-order valence-corrected chi connectivity index (χ3v) is 3.16. The smallest absolute Gasteiger partial charge is 0.0741 e. The van der Waals surface area contributed by atoms with E-state index in [2.05, 4.69) is 5.43 Å². The monoisotopic (exact) mass is 184 g/mol. The Morgan fingerprint density at radius 3 is 2.69 bits per heavy atom. The summed E-state index contributed by atoms with van der Waals surface area (Å²) in [6.45, 7) is 0.924. The van der Waals surface area contributed by atoms with Gasteiger partial charge < -0.3 is 4.74 Å². The van der Waals surface area contributed by atoms with E-state index >= 15 is 0 Å². The summed E-state index contributed by atoms with van der Waals surface area (Å²) in [6.07, 6.45) is 8.07. The largest absolute Gasteiger partial charge is 0.377 e. The zero-order valence-corrected chi connectivity index (χ0v) is 8.17. The van der Waals surface area contributed by atoms with Gasteiger partial charge in [0.15, 0.2) is 0 Å². The first-order valence-electron chi connectivity index (χ1n) is 5.48. The molecule has 1 aliphatic carbocycles. The summed E-state index contributed by atoms with van der Waals surface area (Å²) < 4.78 is 5.72. The van der Waals surface area contributed by atoms with E-state index < -0.39 is 0 Å². The predicted octanol–water partition coefficient (Wildman–Crippen LogP) is 1.19. The third-order valence-electron chi connectivity index (χ3n) is 3.16. The molecule has 0 aromatic rings. The molecule has 0 spiro atoms. The number of nitrogens with two attached hydrogens (primary N) is 1. The molecule has 2 atom stereocenters. The van der Waals surface area contributed by atoms with E-state index in [0.717, 1.165) is 12.5 Å². The second-order valence-electron chi connectivity index (χ2n) is 4.36. The standard InChI is InChI=1S/C10H20N2O/c11-12-9(7-8-4-5-8)10-3-1-2-6-13-10/h8-10,12H,1-7,11H2. The van der Waals surface area contributed by atoms with Gasteiger partial charge in [0.2, 0.25) is 0 Å². The van der Waals surface area contributed by atoms with Gasteiger partial charge in [-0.15, -0.1) is 0 Å². The average molecular weight is 184 g/mol. The van der Waals surface area contributed by atoms with Crippen molar-refractivity contribution in [3.05, 3.63) is 0 Å². The maximum atomic E-state index is 5.72. The van der Waals surface area contributed by atoms with E-state index in [-0.39, 0.29) is 0 Å². The number of rotatable bonds is 4. The van der Waals surface area contributed by atoms with Crippen molar-refractivity contribution in [1.82, 2.24) is 5.43 Å². The summed E-state index contributed by atoms with van der Waals surface area (Å²) in [7, 11) is 0. The van der Waals surface area contributed by atoms with Gasteiger partial charge >= 0.3 is 0 Å². The highest BCUT2D eigenvalue weighted by atomic mass is 16.5. The van der Waals surface area contributed by atoms with E-state index in [1.165, 1.54) is 38.5 Å². The summed E-state index contributed by atoms with van der Waals surface area (Å²) >= 11 is 0. The van der Waals surface area contributed by atoms with Crippen LogP contribution >= 0.6 is 0 Å². The van der Waals surface area contributed by atoms with Crippen LogP contribution in [0.5, 0.6) is 0 Å². The summed E-state index contributed by atoms with van der Waals surface area (Å²) in [4.78, 5) is 0. The van der Waals surface area contributed by atoms with Crippen LogP contribution in [0.15, 0.2) is 0 Å². The molecule has 0 radical (unpaired) electrons. The molecule has 0 bridgehead atoms. The molecule has 0 aromatic heterocycles. The molecule has 0 amide bonds. The van der Waals surface area contributed by atoms with Gasteiger partial charge in [0, 0.05) is 12.6 Å². The predicted molar refractivity (Wildman–Crippen MR) is 52.0 cm³/mol. The van der Waals surface area contributed by atoms with Crippen molar-refractivity contribution in [2.24, 2.45) is 11.8 Å². The maximum absolute atomic E-state index is 5.72. The fourth-order valence-electron chi connectivity index (χ4n) is 2.12. The molecule has 3 nitrogen and oxygen atoms in total. The summed E-state index contributed by atoms with van der Waals surface area (Å²) in [5.74, 6) is 6.47. The highest BCUT2D eigenvalue weighted by Crippen LogP contribution is 2.35. The molecule has 1 heterocycles. The molecule has 1 saturated carbocycles. The minimum Gasteiger partial charge on any atom is -0.377 e. The SMILES string of the molecule is NNC(CC1CC1)C1CCCCO1. The molecule has 0 aromatic carbocycles. The van der Waals surface area contributed by atoms with E-state index in [1.54, 1.807) is 0 Å². The van der Waals surface area contributed by atoms with Crippen LogP contribution in [0.4, 0.5) is 0 Å². The van der Waals surface area contributed by atoms with Gasteiger partial charge in [-0.3, -0.25) is 11.3 Å². The van der Waals surface area contributed by atoms with Crippen LogP contribution in [-0.4, -0.2) is 18.8 Å². The average Bonchev–Trinajstić information content (AvgIpc) is 2.99. The quantitative estimate of drug-likeness (QED) is 0.509. The zero-order chi connectivity index (χ0) is 9.10. The van der Waals surface area contributed by atoms with Crippen molar-refractivity contribution in [3.63, 3.8) is 0 Å². The summed E-state index contributed by atoms with van der Waals surface area (Å²) in [5.41, 5.74) is 2.92.